The number of nitrogens with zero attached hydrogens (tertiary/aromatic N) is 1. The number of hydrogen-bond donors (Lipinski definition) is 2. The quantitative estimate of drug-likeness (QED) is 0.881. The minimum atomic E-state index is -1.02. The van der Waals surface area contributed by atoms with E-state index in [0.717, 1.165) is 23.8 Å². The molecule has 1 heterocycles. The summed E-state index contributed by atoms with van der Waals surface area (Å²) in [5.74, 6) is -0.557. The second-order valence-corrected chi connectivity index (χ2v) is 5.14. The van der Waals surface area contributed by atoms with Crippen molar-refractivity contribution in [3.8, 4) is 0 Å². The number of benzene rings is 1. The summed E-state index contributed by atoms with van der Waals surface area (Å²) in [7, 11) is 0. The van der Waals surface area contributed by atoms with Crippen LogP contribution in [0.15, 0.2) is 30.3 Å². The lowest BCUT2D eigenvalue weighted by atomic mass is 10.0. The summed E-state index contributed by atoms with van der Waals surface area (Å²) in [4.78, 5) is 14.9. The van der Waals surface area contributed by atoms with Crippen LogP contribution in [0.4, 0.5) is 0 Å². The van der Waals surface area contributed by atoms with Crippen LogP contribution in [0, 0.1) is 5.92 Å². The van der Waals surface area contributed by atoms with Crippen molar-refractivity contribution in [3.05, 3.63) is 41.6 Å². The molecule has 1 saturated carbocycles. The van der Waals surface area contributed by atoms with E-state index in [1.54, 1.807) is 6.07 Å². The fourth-order valence-corrected chi connectivity index (χ4v) is 2.31. The van der Waals surface area contributed by atoms with Crippen LogP contribution in [0.25, 0.3) is 10.9 Å². The normalized spacial score (nSPS) is 16.5. The van der Waals surface area contributed by atoms with Gasteiger partial charge in [0, 0.05) is 5.39 Å². The van der Waals surface area contributed by atoms with E-state index in [9.17, 15) is 9.90 Å². The third-order valence-electron chi connectivity index (χ3n) is 3.58. The molecule has 0 spiro atoms. The number of aliphatic hydroxyl groups is 1. The molecule has 1 fully saturated rings. The Morgan fingerprint density at radius 3 is 2.79 bits per heavy atom. The number of carboxylic acids is 1. The first kappa shape index (κ1) is 12.1. The highest BCUT2D eigenvalue weighted by molar-refractivity contribution is 5.89. The van der Waals surface area contributed by atoms with Crippen molar-refractivity contribution in [2.45, 2.75) is 25.4 Å². The zero-order chi connectivity index (χ0) is 13.4. The standard InChI is InChI=1S/C15H15NO3/c17-14(10-2-3-10)8-9-1-5-12-11(7-9)4-6-13(16-12)15(18)19/h1,4-7,10,14,17H,2-3,8H2,(H,18,19). The number of carboxylic acid groups (broad SMARTS) is 1. The molecule has 0 radical (unpaired) electrons. The molecule has 1 aliphatic rings. The van der Waals surface area contributed by atoms with E-state index in [4.69, 9.17) is 5.11 Å². The maximum Gasteiger partial charge on any atom is 0.354 e. The number of rotatable bonds is 4. The van der Waals surface area contributed by atoms with Gasteiger partial charge in [0.1, 0.15) is 5.69 Å². The molecule has 1 atom stereocenters. The Kier molecular flexibility index (Phi) is 2.95. The van der Waals surface area contributed by atoms with Crippen molar-refractivity contribution in [2.24, 2.45) is 5.92 Å². The number of aliphatic hydroxyl groups excluding tert-OH is 1. The molecule has 98 valence electrons. The Labute approximate surface area is 110 Å². The third-order valence-corrected chi connectivity index (χ3v) is 3.58. The molecular formula is C15H15NO3. The summed E-state index contributed by atoms with van der Waals surface area (Å²) in [6.07, 6.45) is 2.64. The minimum Gasteiger partial charge on any atom is -0.477 e. The highest BCUT2D eigenvalue weighted by Gasteiger charge is 2.29. The molecule has 2 N–H and O–H groups in total. The summed E-state index contributed by atoms with van der Waals surface area (Å²) in [5.41, 5.74) is 1.79. The number of pyridine rings is 1. The van der Waals surface area contributed by atoms with Crippen molar-refractivity contribution < 1.29 is 15.0 Å². The van der Waals surface area contributed by atoms with E-state index in [1.165, 1.54) is 6.07 Å². The first-order valence-corrected chi connectivity index (χ1v) is 6.44. The van der Waals surface area contributed by atoms with Gasteiger partial charge in [-0.05, 0) is 48.9 Å². The first-order valence-electron chi connectivity index (χ1n) is 6.44. The van der Waals surface area contributed by atoms with E-state index in [1.807, 2.05) is 18.2 Å². The van der Waals surface area contributed by atoms with E-state index in [0.29, 0.717) is 17.9 Å². The summed E-state index contributed by atoms with van der Waals surface area (Å²) < 4.78 is 0. The highest BCUT2D eigenvalue weighted by Crippen LogP contribution is 2.34. The number of fused-ring (bicyclic) bond motifs is 1. The van der Waals surface area contributed by atoms with Crippen LogP contribution in [0.2, 0.25) is 0 Å². The van der Waals surface area contributed by atoms with E-state index in [-0.39, 0.29) is 11.8 Å². The van der Waals surface area contributed by atoms with Crippen molar-refractivity contribution in [1.29, 1.82) is 0 Å². The fourth-order valence-electron chi connectivity index (χ4n) is 2.31. The lowest BCUT2D eigenvalue weighted by Gasteiger charge is -2.09. The van der Waals surface area contributed by atoms with Gasteiger partial charge in [-0.15, -0.1) is 0 Å². The SMILES string of the molecule is O=C(O)c1ccc2cc(CC(O)C3CC3)ccc2n1. The number of carbonyl (C=O) groups is 1. The highest BCUT2D eigenvalue weighted by atomic mass is 16.4. The van der Waals surface area contributed by atoms with Gasteiger partial charge in [0.15, 0.2) is 0 Å². The van der Waals surface area contributed by atoms with Crippen LogP contribution in [-0.4, -0.2) is 27.3 Å². The molecule has 3 rings (SSSR count). The Morgan fingerprint density at radius 2 is 2.11 bits per heavy atom. The van der Waals surface area contributed by atoms with E-state index < -0.39 is 5.97 Å². The molecular weight excluding hydrogens is 242 g/mol. The smallest absolute Gasteiger partial charge is 0.354 e. The molecule has 2 aromatic rings. The molecule has 1 aliphatic carbocycles. The summed E-state index contributed by atoms with van der Waals surface area (Å²) in [5, 5.41) is 19.7. The van der Waals surface area contributed by atoms with Crippen LogP contribution in [0.5, 0.6) is 0 Å². The molecule has 4 nitrogen and oxygen atoms in total. The molecule has 1 aromatic carbocycles. The summed E-state index contributed by atoms with van der Waals surface area (Å²) in [6.45, 7) is 0. The molecule has 4 heteroatoms. The number of hydrogen-bond acceptors (Lipinski definition) is 3. The van der Waals surface area contributed by atoms with E-state index in [2.05, 4.69) is 4.98 Å². The maximum absolute atomic E-state index is 10.8. The van der Waals surface area contributed by atoms with Gasteiger partial charge in [0.2, 0.25) is 0 Å². The van der Waals surface area contributed by atoms with Gasteiger partial charge in [-0.1, -0.05) is 12.1 Å². The van der Waals surface area contributed by atoms with Crippen LogP contribution in [-0.2, 0) is 6.42 Å². The monoisotopic (exact) mass is 257 g/mol. The molecule has 1 unspecified atom stereocenters. The molecule has 0 saturated heterocycles. The Bertz CT molecular complexity index is 634. The molecule has 0 bridgehead atoms. The zero-order valence-corrected chi connectivity index (χ0v) is 10.4. The van der Waals surface area contributed by atoms with Crippen LogP contribution in [0.3, 0.4) is 0 Å². The average Bonchev–Trinajstić information content (AvgIpc) is 3.22. The second-order valence-electron chi connectivity index (χ2n) is 5.14. The Balaban J connectivity index is 1.88. The van der Waals surface area contributed by atoms with Gasteiger partial charge < -0.3 is 10.2 Å². The van der Waals surface area contributed by atoms with Gasteiger partial charge in [-0.2, -0.15) is 0 Å². The molecule has 19 heavy (non-hydrogen) atoms. The van der Waals surface area contributed by atoms with Gasteiger partial charge in [0.05, 0.1) is 11.6 Å². The molecule has 0 aliphatic heterocycles. The second kappa shape index (κ2) is 4.63. The summed E-state index contributed by atoms with van der Waals surface area (Å²) >= 11 is 0. The predicted molar refractivity (Wildman–Crippen MR) is 71.1 cm³/mol. The van der Waals surface area contributed by atoms with Gasteiger partial charge >= 0.3 is 5.97 Å². The van der Waals surface area contributed by atoms with Crippen LogP contribution >= 0.6 is 0 Å². The van der Waals surface area contributed by atoms with Crippen molar-refractivity contribution in [2.75, 3.05) is 0 Å². The predicted octanol–water partition coefficient (Wildman–Crippen LogP) is 2.25. The van der Waals surface area contributed by atoms with Crippen LogP contribution < -0.4 is 0 Å². The molecule has 1 aromatic heterocycles. The minimum absolute atomic E-state index is 0.0539. The first-order chi connectivity index (χ1) is 9.13. The Hall–Kier alpha value is -1.94. The number of aromatic carboxylic acids is 1. The fraction of sp³-hybridized carbons (Fsp3) is 0.333. The van der Waals surface area contributed by atoms with Crippen LogP contribution in [0.1, 0.15) is 28.9 Å². The zero-order valence-electron chi connectivity index (χ0n) is 10.4. The summed E-state index contributed by atoms with van der Waals surface area (Å²) in [6, 6.07) is 8.97. The maximum atomic E-state index is 10.8. The lowest BCUT2D eigenvalue weighted by molar-refractivity contribution is 0.0691. The average molecular weight is 257 g/mol. The topological polar surface area (TPSA) is 70.4 Å². The third kappa shape index (κ3) is 2.58. The van der Waals surface area contributed by atoms with Crippen molar-refractivity contribution >= 4 is 16.9 Å². The largest absolute Gasteiger partial charge is 0.477 e. The lowest BCUT2D eigenvalue weighted by Crippen LogP contribution is -2.12. The van der Waals surface area contributed by atoms with Crippen molar-refractivity contribution in [3.63, 3.8) is 0 Å². The van der Waals surface area contributed by atoms with Gasteiger partial charge in [0.25, 0.3) is 0 Å². The van der Waals surface area contributed by atoms with E-state index >= 15 is 0 Å². The molecule has 0 amide bonds. The number of aromatic nitrogens is 1. The van der Waals surface area contributed by atoms with Gasteiger partial charge in [-0.25, -0.2) is 9.78 Å². The van der Waals surface area contributed by atoms with Crippen molar-refractivity contribution in [1.82, 2.24) is 4.98 Å². The Morgan fingerprint density at radius 1 is 1.32 bits per heavy atom. The van der Waals surface area contributed by atoms with Gasteiger partial charge in [-0.3, -0.25) is 0 Å².